The first-order valence-corrected chi connectivity index (χ1v) is 9.01. The number of nitro benzene ring substituents is 1. The summed E-state index contributed by atoms with van der Waals surface area (Å²) in [5.74, 6) is -0.149. The first kappa shape index (κ1) is 22.8. The minimum Gasteiger partial charge on any atom is -1.00 e. The van der Waals surface area contributed by atoms with Crippen LogP contribution in [0.5, 0.6) is 0 Å². The fourth-order valence-electron chi connectivity index (χ4n) is 2.90. The highest BCUT2D eigenvalue weighted by Gasteiger charge is 2.19. The number of halogens is 1. The number of para-hydroxylation sites is 1. The van der Waals surface area contributed by atoms with Gasteiger partial charge in [-0.3, -0.25) is 14.9 Å². The van der Waals surface area contributed by atoms with Crippen LogP contribution in [0.2, 0.25) is 0 Å². The Morgan fingerprint density at radius 2 is 1.67 bits per heavy atom. The molecule has 0 bridgehead atoms. The summed E-state index contributed by atoms with van der Waals surface area (Å²) in [6, 6.07) is 15.8. The Labute approximate surface area is 170 Å². The Bertz CT molecular complexity index is 719. The van der Waals surface area contributed by atoms with Crippen LogP contribution in [0, 0.1) is 10.1 Å². The number of nitrogens with two attached hydrogens (primary N) is 1. The van der Waals surface area contributed by atoms with Crippen molar-refractivity contribution in [1.29, 1.82) is 0 Å². The number of anilines is 1. The summed E-state index contributed by atoms with van der Waals surface area (Å²) in [5.41, 5.74) is 1.26. The summed E-state index contributed by atoms with van der Waals surface area (Å²) in [7, 11) is 0. The summed E-state index contributed by atoms with van der Waals surface area (Å²) in [6.45, 7) is 5.72. The molecule has 146 valence electrons. The van der Waals surface area contributed by atoms with E-state index in [9.17, 15) is 14.9 Å². The zero-order valence-corrected chi connectivity index (χ0v) is 17.3. The number of amides is 1. The van der Waals surface area contributed by atoms with E-state index in [1.807, 2.05) is 30.3 Å². The van der Waals surface area contributed by atoms with Gasteiger partial charge in [-0.25, -0.2) is 0 Å². The van der Waals surface area contributed by atoms with E-state index in [1.54, 1.807) is 4.90 Å². The number of carbonyl (C=O) groups is 1. The van der Waals surface area contributed by atoms with E-state index in [0.717, 1.165) is 25.1 Å². The third-order valence-electron chi connectivity index (χ3n) is 4.54. The molecule has 7 heteroatoms. The number of nitrogens with zero attached hydrogens (tertiary/aromatic N) is 2. The second kappa shape index (κ2) is 11.5. The SMILES string of the molecule is CCC(CC)[NH2+]CCN(C(=O)c1ccc([N+](=O)[O-])cc1)c1ccccc1.[Br-]. The second-order valence-corrected chi connectivity index (χ2v) is 6.20. The van der Waals surface area contributed by atoms with Crippen LogP contribution < -0.4 is 27.2 Å². The van der Waals surface area contributed by atoms with Gasteiger partial charge in [-0.15, -0.1) is 0 Å². The Balaban J connectivity index is 0.00000364. The van der Waals surface area contributed by atoms with Crippen molar-refractivity contribution >= 4 is 17.3 Å². The zero-order valence-electron chi connectivity index (χ0n) is 15.7. The van der Waals surface area contributed by atoms with Crippen LogP contribution in [0.3, 0.4) is 0 Å². The van der Waals surface area contributed by atoms with Gasteiger partial charge in [0.25, 0.3) is 11.6 Å². The maximum atomic E-state index is 13.0. The predicted molar refractivity (Wildman–Crippen MR) is 102 cm³/mol. The van der Waals surface area contributed by atoms with Gasteiger partial charge in [0.1, 0.15) is 0 Å². The molecule has 1 amide bonds. The lowest BCUT2D eigenvalue weighted by molar-refractivity contribution is -0.687. The van der Waals surface area contributed by atoms with Gasteiger partial charge in [0.05, 0.1) is 24.1 Å². The Hall–Kier alpha value is -2.25. The number of rotatable bonds is 9. The highest BCUT2D eigenvalue weighted by molar-refractivity contribution is 6.06. The molecule has 2 rings (SSSR count). The maximum absolute atomic E-state index is 13.0. The lowest BCUT2D eigenvalue weighted by atomic mass is 10.1. The van der Waals surface area contributed by atoms with Crippen LogP contribution in [0.15, 0.2) is 54.6 Å². The van der Waals surface area contributed by atoms with Crippen LogP contribution in [0.4, 0.5) is 11.4 Å². The third kappa shape index (κ3) is 6.45. The highest BCUT2D eigenvalue weighted by Crippen LogP contribution is 2.18. The van der Waals surface area contributed by atoms with Gasteiger partial charge in [-0.1, -0.05) is 32.0 Å². The van der Waals surface area contributed by atoms with Gasteiger partial charge in [0, 0.05) is 23.4 Å². The summed E-state index contributed by atoms with van der Waals surface area (Å²) in [5, 5.41) is 13.1. The number of hydrogen-bond donors (Lipinski definition) is 1. The molecule has 0 spiro atoms. The average molecular weight is 436 g/mol. The van der Waals surface area contributed by atoms with Crippen molar-refractivity contribution < 1.29 is 32.0 Å². The Kier molecular flexibility index (Phi) is 9.67. The summed E-state index contributed by atoms with van der Waals surface area (Å²) >= 11 is 0. The van der Waals surface area contributed by atoms with E-state index in [1.165, 1.54) is 24.3 Å². The molecule has 0 aliphatic heterocycles. The van der Waals surface area contributed by atoms with E-state index in [-0.39, 0.29) is 28.6 Å². The van der Waals surface area contributed by atoms with Gasteiger partial charge >= 0.3 is 0 Å². The minimum atomic E-state index is -0.464. The molecule has 0 heterocycles. The first-order valence-electron chi connectivity index (χ1n) is 9.01. The predicted octanol–water partition coefficient (Wildman–Crippen LogP) is -0.00240. The first-order chi connectivity index (χ1) is 12.6. The van der Waals surface area contributed by atoms with E-state index in [0.29, 0.717) is 18.2 Å². The van der Waals surface area contributed by atoms with Gasteiger partial charge < -0.3 is 27.2 Å². The van der Waals surface area contributed by atoms with Crippen LogP contribution in [-0.2, 0) is 0 Å². The summed E-state index contributed by atoms with van der Waals surface area (Å²) in [6.07, 6.45) is 2.19. The second-order valence-electron chi connectivity index (χ2n) is 6.20. The number of nitro groups is 1. The summed E-state index contributed by atoms with van der Waals surface area (Å²) < 4.78 is 0. The van der Waals surface area contributed by atoms with Crippen LogP contribution >= 0.6 is 0 Å². The monoisotopic (exact) mass is 435 g/mol. The molecule has 6 nitrogen and oxygen atoms in total. The van der Waals surface area contributed by atoms with Gasteiger partial charge in [0.15, 0.2) is 0 Å². The van der Waals surface area contributed by atoms with Crippen molar-refractivity contribution in [3.63, 3.8) is 0 Å². The van der Waals surface area contributed by atoms with Crippen molar-refractivity contribution in [2.24, 2.45) is 0 Å². The lowest BCUT2D eigenvalue weighted by Gasteiger charge is -2.23. The molecule has 0 aromatic heterocycles. The van der Waals surface area contributed by atoms with Crippen molar-refractivity contribution in [2.45, 2.75) is 32.7 Å². The summed E-state index contributed by atoms with van der Waals surface area (Å²) in [4.78, 5) is 25.1. The molecule has 0 aliphatic carbocycles. The molecule has 0 atom stereocenters. The zero-order chi connectivity index (χ0) is 18.9. The number of hydrogen-bond acceptors (Lipinski definition) is 3. The lowest BCUT2D eigenvalue weighted by Crippen LogP contribution is -3.00. The molecule has 2 N–H and O–H groups in total. The van der Waals surface area contributed by atoms with Crippen molar-refractivity contribution in [3.05, 3.63) is 70.3 Å². The van der Waals surface area contributed by atoms with E-state index in [2.05, 4.69) is 19.2 Å². The maximum Gasteiger partial charge on any atom is 0.269 e. The van der Waals surface area contributed by atoms with E-state index < -0.39 is 4.92 Å². The quantitative estimate of drug-likeness (QED) is 0.444. The topological polar surface area (TPSA) is 80.1 Å². The van der Waals surface area contributed by atoms with E-state index >= 15 is 0 Å². The third-order valence-corrected chi connectivity index (χ3v) is 4.54. The molecule has 0 saturated heterocycles. The molecule has 2 aromatic rings. The van der Waals surface area contributed by atoms with Gasteiger partial charge in [0.2, 0.25) is 0 Å². The Morgan fingerprint density at radius 1 is 1.07 bits per heavy atom. The smallest absolute Gasteiger partial charge is 0.269 e. The minimum absolute atomic E-state index is 0. The molecule has 0 aliphatic rings. The molecular weight excluding hydrogens is 410 g/mol. The number of non-ortho nitro benzene ring substituents is 1. The van der Waals surface area contributed by atoms with Crippen LogP contribution in [0.25, 0.3) is 0 Å². The van der Waals surface area contributed by atoms with Crippen molar-refractivity contribution in [1.82, 2.24) is 0 Å². The van der Waals surface area contributed by atoms with Crippen molar-refractivity contribution in [2.75, 3.05) is 18.0 Å². The Morgan fingerprint density at radius 3 is 2.19 bits per heavy atom. The van der Waals surface area contributed by atoms with Crippen molar-refractivity contribution in [3.8, 4) is 0 Å². The molecule has 0 fully saturated rings. The standard InChI is InChI=1S/C20H25N3O3.BrH/c1-3-17(4-2)21-14-15-22(18-8-6-5-7-9-18)20(24)16-10-12-19(13-11-16)23(25)26;/h5-13,17,21H,3-4,14-15H2,1-2H3;1H. The van der Waals surface area contributed by atoms with Gasteiger partial charge in [-0.2, -0.15) is 0 Å². The number of benzene rings is 2. The molecule has 0 saturated carbocycles. The number of quaternary nitrogens is 1. The molecular formula is C20H26BrN3O3. The fourth-order valence-corrected chi connectivity index (χ4v) is 2.90. The molecule has 0 radical (unpaired) electrons. The molecule has 27 heavy (non-hydrogen) atoms. The van der Waals surface area contributed by atoms with Crippen LogP contribution in [0.1, 0.15) is 37.0 Å². The number of carbonyl (C=O) groups excluding carboxylic acids is 1. The molecule has 0 unspecified atom stereocenters. The van der Waals surface area contributed by atoms with Gasteiger partial charge in [-0.05, 0) is 37.1 Å². The van der Waals surface area contributed by atoms with E-state index in [4.69, 9.17) is 0 Å². The fraction of sp³-hybridized carbons (Fsp3) is 0.350. The largest absolute Gasteiger partial charge is 1.00 e. The van der Waals surface area contributed by atoms with Crippen LogP contribution in [-0.4, -0.2) is 30.0 Å². The normalized spacial score (nSPS) is 10.3. The average Bonchev–Trinajstić information content (AvgIpc) is 2.68. The highest BCUT2D eigenvalue weighted by atomic mass is 79.9. The molecule has 2 aromatic carbocycles.